The van der Waals surface area contributed by atoms with Crippen LogP contribution in [0.5, 0.6) is 0 Å². The van der Waals surface area contributed by atoms with Gasteiger partial charge in [0.15, 0.2) is 0 Å². The molecule has 0 aromatic carbocycles. The Balaban J connectivity index is 2.13. The predicted octanol–water partition coefficient (Wildman–Crippen LogP) is 1.35. The first kappa shape index (κ1) is 4.57. The quantitative estimate of drug-likeness (QED) is 0.428. The van der Waals surface area contributed by atoms with Gasteiger partial charge in [0.1, 0.15) is 0 Å². The highest BCUT2D eigenvalue weighted by Crippen LogP contribution is 2.29. The van der Waals surface area contributed by atoms with E-state index < -0.39 is 0 Å². The Morgan fingerprint density at radius 1 is 1.50 bits per heavy atom. The van der Waals surface area contributed by atoms with Crippen LogP contribution in [0, 0.1) is 5.92 Å². The molecule has 44 valence electrons. The molecule has 1 heterocycles. The van der Waals surface area contributed by atoms with Crippen molar-refractivity contribution in [3.63, 3.8) is 0 Å². The van der Waals surface area contributed by atoms with Gasteiger partial charge in [0.05, 0.1) is 6.10 Å². The molecule has 0 bridgehead atoms. The van der Waals surface area contributed by atoms with Crippen molar-refractivity contribution in [2.75, 3.05) is 6.61 Å². The maximum absolute atomic E-state index is 5.39. The van der Waals surface area contributed by atoms with Gasteiger partial charge >= 0.3 is 0 Å². The minimum Gasteiger partial charge on any atom is -0.374 e. The van der Waals surface area contributed by atoms with Gasteiger partial charge < -0.3 is 4.74 Å². The smallest absolute Gasteiger partial charge is 0.0787 e. The summed E-state index contributed by atoms with van der Waals surface area (Å²) < 4.78 is 5.39. The van der Waals surface area contributed by atoms with Crippen LogP contribution in [-0.4, -0.2) is 12.7 Å². The van der Waals surface area contributed by atoms with Gasteiger partial charge in [-0.15, -0.1) is 0 Å². The molecule has 1 saturated heterocycles. The van der Waals surface area contributed by atoms with Crippen molar-refractivity contribution in [1.82, 2.24) is 0 Å². The summed E-state index contributed by atoms with van der Waals surface area (Å²) in [5.41, 5.74) is 0. The Labute approximate surface area is 49.3 Å². The molecule has 1 nitrogen and oxygen atoms in total. The van der Waals surface area contributed by atoms with Crippen molar-refractivity contribution in [1.29, 1.82) is 0 Å². The van der Waals surface area contributed by atoms with Crippen molar-refractivity contribution in [3.8, 4) is 0 Å². The Hall–Kier alpha value is -0.300. The van der Waals surface area contributed by atoms with E-state index in [1.807, 2.05) is 0 Å². The molecule has 0 amide bonds. The van der Waals surface area contributed by atoms with E-state index in [0.717, 1.165) is 12.5 Å². The molecule has 2 rings (SSSR count). The molecule has 2 atom stereocenters. The summed E-state index contributed by atoms with van der Waals surface area (Å²) in [5.74, 6) is 0.843. The third-order valence-corrected chi connectivity index (χ3v) is 2.03. The van der Waals surface area contributed by atoms with E-state index in [2.05, 4.69) is 12.2 Å². The standard InChI is InChI=1S/C7H10O/c1-2-6-4-5-8-7(6)3-1/h1,3,6-7H,2,4-5H2. The Morgan fingerprint density at radius 3 is 3.38 bits per heavy atom. The topological polar surface area (TPSA) is 9.23 Å². The third kappa shape index (κ3) is 0.511. The molecule has 8 heavy (non-hydrogen) atoms. The lowest BCUT2D eigenvalue weighted by Crippen LogP contribution is -2.05. The lowest BCUT2D eigenvalue weighted by atomic mass is 10.0. The largest absolute Gasteiger partial charge is 0.374 e. The van der Waals surface area contributed by atoms with Gasteiger partial charge in [-0.25, -0.2) is 0 Å². The number of fused-ring (bicyclic) bond motifs is 1. The fourth-order valence-corrected chi connectivity index (χ4v) is 1.51. The van der Waals surface area contributed by atoms with Gasteiger partial charge in [-0.3, -0.25) is 0 Å². The molecule has 2 aliphatic rings. The predicted molar refractivity (Wildman–Crippen MR) is 31.6 cm³/mol. The fourth-order valence-electron chi connectivity index (χ4n) is 1.51. The van der Waals surface area contributed by atoms with E-state index in [-0.39, 0.29) is 0 Å². The van der Waals surface area contributed by atoms with Gasteiger partial charge in [-0.2, -0.15) is 0 Å². The molecule has 0 radical (unpaired) electrons. The van der Waals surface area contributed by atoms with Crippen molar-refractivity contribution in [2.45, 2.75) is 18.9 Å². The summed E-state index contributed by atoms with van der Waals surface area (Å²) in [7, 11) is 0. The Bertz CT molecular complexity index is 118. The molecule has 1 heteroatoms. The van der Waals surface area contributed by atoms with Crippen LogP contribution in [0.15, 0.2) is 12.2 Å². The van der Waals surface area contributed by atoms with Crippen LogP contribution in [0.25, 0.3) is 0 Å². The van der Waals surface area contributed by atoms with Gasteiger partial charge in [0.25, 0.3) is 0 Å². The molecule has 1 aliphatic carbocycles. The second-order valence-corrected chi connectivity index (χ2v) is 2.55. The van der Waals surface area contributed by atoms with Crippen LogP contribution in [0.3, 0.4) is 0 Å². The van der Waals surface area contributed by atoms with E-state index in [4.69, 9.17) is 4.74 Å². The summed E-state index contributed by atoms with van der Waals surface area (Å²) in [6.07, 6.45) is 7.45. The first-order valence-electron chi connectivity index (χ1n) is 3.25. The van der Waals surface area contributed by atoms with Crippen LogP contribution in [0.1, 0.15) is 12.8 Å². The van der Waals surface area contributed by atoms with Crippen molar-refractivity contribution < 1.29 is 4.74 Å². The summed E-state index contributed by atoms with van der Waals surface area (Å²) in [4.78, 5) is 0. The normalized spacial score (nSPS) is 43.0. The fraction of sp³-hybridized carbons (Fsp3) is 0.714. The summed E-state index contributed by atoms with van der Waals surface area (Å²) in [6, 6.07) is 0. The molecule has 0 N–H and O–H groups in total. The van der Waals surface area contributed by atoms with E-state index in [1.54, 1.807) is 0 Å². The average molecular weight is 110 g/mol. The van der Waals surface area contributed by atoms with Crippen LogP contribution in [0.4, 0.5) is 0 Å². The van der Waals surface area contributed by atoms with Crippen LogP contribution in [0.2, 0.25) is 0 Å². The molecular formula is C7H10O. The first-order chi connectivity index (χ1) is 3.97. The summed E-state index contributed by atoms with van der Waals surface area (Å²) in [5, 5.41) is 0. The molecule has 1 aliphatic heterocycles. The highest BCUT2D eigenvalue weighted by molar-refractivity contribution is 5.04. The minimum absolute atomic E-state index is 0.495. The Morgan fingerprint density at radius 2 is 2.50 bits per heavy atom. The van der Waals surface area contributed by atoms with Crippen LogP contribution >= 0.6 is 0 Å². The maximum Gasteiger partial charge on any atom is 0.0787 e. The number of rotatable bonds is 0. The van der Waals surface area contributed by atoms with Gasteiger partial charge in [0.2, 0.25) is 0 Å². The lowest BCUT2D eigenvalue weighted by Gasteiger charge is -2.03. The van der Waals surface area contributed by atoms with E-state index in [0.29, 0.717) is 6.10 Å². The monoisotopic (exact) mass is 110 g/mol. The number of hydrogen-bond acceptors (Lipinski definition) is 1. The first-order valence-corrected chi connectivity index (χ1v) is 3.25. The molecule has 2 unspecified atom stereocenters. The number of allylic oxidation sites excluding steroid dienone is 1. The molecule has 1 fully saturated rings. The highest BCUT2D eigenvalue weighted by atomic mass is 16.5. The number of hydrogen-bond donors (Lipinski definition) is 0. The average Bonchev–Trinajstić information content (AvgIpc) is 2.15. The zero-order valence-electron chi connectivity index (χ0n) is 4.84. The van der Waals surface area contributed by atoms with E-state index in [1.165, 1.54) is 12.8 Å². The van der Waals surface area contributed by atoms with Gasteiger partial charge in [-0.05, 0) is 18.8 Å². The highest BCUT2D eigenvalue weighted by Gasteiger charge is 2.27. The molecular weight excluding hydrogens is 100 g/mol. The van der Waals surface area contributed by atoms with Gasteiger partial charge in [-0.1, -0.05) is 12.2 Å². The zero-order valence-corrected chi connectivity index (χ0v) is 4.84. The second-order valence-electron chi connectivity index (χ2n) is 2.55. The van der Waals surface area contributed by atoms with E-state index in [9.17, 15) is 0 Å². The summed E-state index contributed by atoms with van der Waals surface area (Å²) >= 11 is 0. The number of ether oxygens (including phenoxy) is 1. The van der Waals surface area contributed by atoms with Gasteiger partial charge in [0, 0.05) is 6.61 Å². The third-order valence-electron chi connectivity index (χ3n) is 2.03. The van der Waals surface area contributed by atoms with E-state index >= 15 is 0 Å². The second kappa shape index (κ2) is 1.59. The van der Waals surface area contributed by atoms with Crippen molar-refractivity contribution >= 4 is 0 Å². The molecule has 0 aromatic rings. The van der Waals surface area contributed by atoms with Crippen molar-refractivity contribution in [3.05, 3.63) is 12.2 Å². The van der Waals surface area contributed by atoms with Crippen LogP contribution in [-0.2, 0) is 4.74 Å². The maximum atomic E-state index is 5.39. The lowest BCUT2D eigenvalue weighted by molar-refractivity contribution is 0.134. The van der Waals surface area contributed by atoms with Crippen molar-refractivity contribution in [2.24, 2.45) is 5.92 Å². The Kier molecular flexibility index (Phi) is 0.908. The zero-order chi connectivity index (χ0) is 5.40. The summed E-state index contributed by atoms with van der Waals surface area (Å²) in [6.45, 7) is 0.986. The molecule has 0 aromatic heterocycles. The molecule has 0 spiro atoms. The minimum atomic E-state index is 0.495. The SMILES string of the molecule is C1=CC2OCCC2C1. The van der Waals surface area contributed by atoms with Crippen LogP contribution < -0.4 is 0 Å². The molecule has 0 saturated carbocycles.